The molecule has 0 radical (unpaired) electrons. The van der Waals surface area contributed by atoms with Gasteiger partial charge in [-0.2, -0.15) is 5.10 Å². The van der Waals surface area contributed by atoms with Gasteiger partial charge in [-0.3, -0.25) is 9.58 Å². The minimum Gasteiger partial charge on any atom is -0.374 e. The Morgan fingerprint density at radius 1 is 1.33 bits per heavy atom. The molecule has 0 fully saturated rings. The van der Waals surface area contributed by atoms with E-state index in [-0.39, 0.29) is 0 Å². The van der Waals surface area contributed by atoms with E-state index >= 15 is 0 Å². The monoisotopic (exact) mass is 348 g/mol. The van der Waals surface area contributed by atoms with Crippen LogP contribution in [0.1, 0.15) is 26.7 Å². The first kappa shape index (κ1) is 17.6. The summed E-state index contributed by atoms with van der Waals surface area (Å²) in [6, 6.07) is 4.46. The highest BCUT2D eigenvalue weighted by atomic mass is 32.1. The normalized spacial score (nSPS) is 15.2. The zero-order valence-corrected chi connectivity index (χ0v) is 16.0. The van der Waals surface area contributed by atoms with Crippen molar-refractivity contribution < 1.29 is 4.74 Å². The van der Waals surface area contributed by atoms with Crippen LogP contribution in [0, 0.1) is 6.92 Å². The van der Waals surface area contributed by atoms with Crippen LogP contribution in [-0.4, -0.2) is 53.4 Å². The Hall–Kier alpha value is -1.21. The van der Waals surface area contributed by atoms with E-state index in [4.69, 9.17) is 9.84 Å². The van der Waals surface area contributed by atoms with Crippen molar-refractivity contribution in [1.29, 1.82) is 0 Å². The second kappa shape index (κ2) is 7.78. The second-order valence-corrected chi connectivity index (χ2v) is 8.20. The van der Waals surface area contributed by atoms with Gasteiger partial charge in [0.25, 0.3) is 0 Å². The lowest BCUT2D eigenvalue weighted by molar-refractivity contribution is 0.102. The van der Waals surface area contributed by atoms with Crippen LogP contribution in [0.15, 0.2) is 12.1 Å². The van der Waals surface area contributed by atoms with Crippen LogP contribution in [0.4, 0.5) is 0 Å². The average molecular weight is 349 g/mol. The Kier molecular flexibility index (Phi) is 5.71. The fourth-order valence-corrected chi connectivity index (χ4v) is 4.10. The molecule has 1 aliphatic rings. The van der Waals surface area contributed by atoms with Crippen LogP contribution in [0.5, 0.6) is 0 Å². The van der Waals surface area contributed by atoms with E-state index in [0.717, 1.165) is 44.9 Å². The first-order chi connectivity index (χ1) is 11.5. The molecule has 1 aliphatic heterocycles. The third kappa shape index (κ3) is 4.25. The third-order valence-electron chi connectivity index (χ3n) is 4.51. The molecule has 0 saturated carbocycles. The quantitative estimate of drug-likeness (QED) is 0.720. The second-order valence-electron chi connectivity index (χ2n) is 6.82. The molecule has 0 amide bonds. The molecule has 5 nitrogen and oxygen atoms in total. The smallest absolute Gasteiger partial charge is 0.0917 e. The molecule has 6 heteroatoms. The number of hydrogen-bond acceptors (Lipinski definition) is 5. The van der Waals surface area contributed by atoms with E-state index in [1.54, 1.807) is 0 Å². The van der Waals surface area contributed by atoms with Crippen LogP contribution in [0.2, 0.25) is 0 Å². The molecular formula is C18H28N4OS. The molecule has 0 aromatic carbocycles. The minimum absolute atomic E-state index is 0.626. The van der Waals surface area contributed by atoms with Gasteiger partial charge in [0.05, 0.1) is 24.6 Å². The number of fused-ring (bicyclic) bond motifs is 1. The Labute approximate surface area is 148 Å². The molecule has 0 saturated heterocycles. The summed E-state index contributed by atoms with van der Waals surface area (Å²) in [5, 5.41) is 4.71. The summed E-state index contributed by atoms with van der Waals surface area (Å²) in [5.41, 5.74) is 3.87. The average Bonchev–Trinajstić information content (AvgIpc) is 3.08. The van der Waals surface area contributed by atoms with Crippen molar-refractivity contribution in [2.45, 2.75) is 33.0 Å². The van der Waals surface area contributed by atoms with Crippen molar-refractivity contribution in [3.8, 4) is 0 Å². The van der Waals surface area contributed by atoms with Gasteiger partial charge in [0.15, 0.2) is 0 Å². The van der Waals surface area contributed by atoms with Gasteiger partial charge in [0, 0.05) is 48.5 Å². The highest BCUT2D eigenvalue weighted by Gasteiger charge is 2.24. The number of likely N-dealkylation sites (N-methyl/N-ethyl adjacent to an activating group) is 1. The summed E-state index contributed by atoms with van der Waals surface area (Å²) < 4.78 is 7.85. The highest BCUT2D eigenvalue weighted by molar-refractivity contribution is 7.11. The number of ether oxygens (including phenoxy) is 1. The Balaban J connectivity index is 1.60. The van der Waals surface area contributed by atoms with E-state index in [2.05, 4.69) is 50.0 Å². The van der Waals surface area contributed by atoms with Crippen LogP contribution in [0.25, 0.3) is 0 Å². The first-order valence-corrected chi connectivity index (χ1v) is 9.38. The lowest BCUT2D eigenvalue weighted by Crippen LogP contribution is -2.30. The minimum atomic E-state index is 0.626. The molecule has 0 unspecified atom stereocenters. The molecule has 0 N–H and O–H groups in total. The van der Waals surface area contributed by atoms with Crippen LogP contribution < -0.4 is 0 Å². The Morgan fingerprint density at radius 2 is 2.17 bits per heavy atom. The standard InChI is InChI=1S/C18H28N4OS/c1-14-5-6-15(24-14)11-22-8-7-16-17(13-23-10-9-20(2)3)19-21(4)18(16)12-22/h5-6H,7-13H2,1-4H3. The largest absolute Gasteiger partial charge is 0.374 e. The molecule has 132 valence electrons. The summed E-state index contributed by atoms with van der Waals surface area (Å²) in [7, 11) is 6.19. The number of thiophene rings is 1. The van der Waals surface area contributed by atoms with Crippen LogP contribution in [0.3, 0.4) is 0 Å². The molecule has 3 rings (SSSR count). The zero-order valence-electron chi connectivity index (χ0n) is 15.2. The van der Waals surface area contributed by atoms with Crippen LogP contribution in [-0.2, 0) is 37.9 Å². The zero-order chi connectivity index (χ0) is 17.1. The summed E-state index contributed by atoms with van der Waals surface area (Å²) in [6.07, 6.45) is 1.07. The maximum absolute atomic E-state index is 5.81. The summed E-state index contributed by atoms with van der Waals surface area (Å²) in [4.78, 5) is 7.50. The predicted octanol–water partition coefficient (Wildman–Crippen LogP) is 2.43. The van der Waals surface area contributed by atoms with Crippen LogP contribution >= 0.6 is 11.3 Å². The predicted molar refractivity (Wildman–Crippen MR) is 98.3 cm³/mol. The molecule has 3 heterocycles. The molecule has 0 spiro atoms. The van der Waals surface area contributed by atoms with Crippen molar-refractivity contribution in [2.75, 3.05) is 33.8 Å². The molecule has 0 bridgehead atoms. The van der Waals surface area contributed by atoms with Crippen molar-refractivity contribution in [2.24, 2.45) is 7.05 Å². The van der Waals surface area contributed by atoms with Gasteiger partial charge in [-0.15, -0.1) is 11.3 Å². The molecule has 0 atom stereocenters. The van der Waals surface area contributed by atoms with Crippen molar-refractivity contribution >= 4 is 11.3 Å². The SMILES string of the molecule is Cc1ccc(CN2CCc3c(COCCN(C)C)nn(C)c3C2)s1. The van der Waals surface area contributed by atoms with Gasteiger partial charge < -0.3 is 9.64 Å². The number of hydrogen-bond donors (Lipinski definition) is 0. The topological polar surface area (TPSA) is 33.5 Å². The summed E-state index contributed by atoms with van der Waals surface area (Å²) in [5.74, 6) is 0. The maximum atomic E-state index is 5.81. The number of nitrogens with zero attached hydrogens (tertiary/aromatic N) is 4. The Bertz CT molecular complexity index is 677. The first-order valence-electron chi connectivity index (χ1n) is 8.56. The van der Waals surface area contributed by atoms with Gasteiger partial charge in [0.2, 0.25) is 0 Å². The van der Waals surface area contributed by atoms with E-state index in [1.807, 2.05) is 16.0 Å². The van der Waals surface area contributed by atoms with Crippen molar-refractivity contribution in [1.82, 2.24) is 19.6 Å². The van der Waals surface area contributed by atoms with E-state index in [1.165, 1.54) is 21.0 Å². The van der Waals surface area contributed by atoms with E-state index in [0.29, 0.717) is 6.61 Å². The maximum Gasteiger partial charge on any atom is 0.0917 e. The van der Waals surface area contributed by atoms with Gasteiger partial charge in [-0.05, 0) is 39.6 Å². The number of rotatable bonds is 7. The van der Waals surface area contributed by atoms with Gasteiger partial charge >= 0.3 is 0 Å². The van der Waals surface area contributed by atoms with Gasteiger partial charge in [-0.25, -0.2) is 0 Å². The Morgan fingerprint density at radius 3 is 2.88 bits per heavy atom. The van der Waals surface area contributed by atoms with Crippen molar-refractivity contribution in [3.63, 3.8) is 0 Å². The van der Waals surface area contributed by atoms with E-state index < -0.39 is 0 Å². The summed E-state index contributed by atoms with van der Waals surface area (Å²) >= 11 is 1.90. The summed E-state index contributed by atoms with van der Waals surface area (Å²) in [6.45, 7) is 7.62. The lowest BCUT2D eigenvalue weighted by atomic mass is 10.0. The molecule has 0 aliphatic carbocycles. The number of aryl methyl sites for hydroxylation is 2. The fourth-order valence-electron chi connectivity index (χ4n) is 3.17. The van der Waals surface area contributed by atoms with E-state index in [9.17, 15) is 0 Å². The lowest BCUT2D eigenvalue weighted by Gasteiger charge is -2.27. The molecule has 2 aromatic heterocycles. The highest BCUT2D eigenvalue weighted by Crippen LogP contribution is 2.25. The molecule has 2 aromatic rings. The number of aromatic nitrogens is 2. The van der Waals surface area contributed by atoms with Gasteiger partial charge in [-0.1, -0.05) is 0 Å². The van der Waals surface area contributed by atoms with Crippen molar-refractivity contribution in [3.05, 3.63) is 38.8 Å². The third-order valence-corrected chi connectivity index (χ3v) is 5.49. The van der Waals surface area contributed by atoms with Gasteiger partial charge in [0.1, 0.15) is 0 Å². The fraction of sp³-hybridized carbons (Fsp3) is 0.611. The molecule has 24 heavy (non-hydrogen) atoms. The molecular weight excluding hydrogens is 320 g/mol.